The molecule has 0 spiro atoms. The summed E-state index contributed by atoms with van der Waals surface area (Å²) in [5.41, 5.74) is 2.61. The fourth-order valence-electron chi connectivity index (χ4n) is 6.65. The van der Waals surface area contributed by atoms with Gasteiger partial charge in [0.2, 0.25) is 5.91 Å². The first-order valence-corrected chi connectivity index (χ1v) is 11.3. The van der Waals surface area contributed by atoms with Crippen LogP contribution in [-0.2, 0) is 17.9 Å². The minimum atomic E-state index is 0. The minimum absolute atomic E-state index is 0. The lowest BCUT2D eigenvalue weighted by Crippen LogP contribution is -2.60. The Balaban J connectivity index is 0.00000218. The van der Waals surface area contributed by atoms with Crippen LogP contribution in [0.25, 0.3) is 0 Å². The van der Waals surface area contributed by atoms with E-state index >= 15 is 0 Å². The summed E-state index contributed by atoms with van der Waals surface area (Å²) in [6.07, 6.45) is 7.85. The van der Waals surface area contributed by atoms with Crippen LogP contribution in [0, 0.1) is 17.8 Å². The maximum absolute atomic E-state index is 13.2. The van der Waals surface area contributed by atoms with Gasteiger partial charge in [0.15, 0.2) is 0 Å². The normalized spacial score (nSPS) is 28.9. The van der Waals surface area contributed by atoms with Gasteiger partial charge in [-0.05, 0) is 67.4 Å². The van der Waals surface area contributed by atoms with E-state index in [0.29, 0.717) is 6.54 Å². The van der Waals surface area contributed by atoms with Crippen LogP contribution in [0.15, 0.2) is 60.7 Å². The highest BCUT2D eigenvalue weighted by Gasteiger charge is 2.51. The van der Waals surface area contributed by atoms with Crippen molar-refractivity contribution in [3.05, 3.63) is 71.8 Å². The molecule has 1 N–H and O–H groups in total. The van der Waals surface area contributed by atoms with Gasteiger partial charge in [0.1, 0.15) is 0 Å². The number of carbonyl (C=O) groups is 1. The molecule has 0 radical (unpaired) electrons. The van der Waals surface area contributed by atoms with Gasteiger partial charge in [-0.2, -0.15) is 0 Å². The average molecular weight is 425 g/mol. The fraction of sp³-hybridized carbons (Fsp3) is 0.500. The van der Waals surface area contributed by atoms with E-state index in [1.54, 1.807) is 0 Å². The quantitative estimate of drug-likeness (QED) is 0.662. The molecule has 0 saturated heterocycles. The van der Waals surface area contributed by atoms with Gasteiger partial charge in [-0.25, -0.2) is 0 Å². The monoisotopic (exact) mass is 424 g/mol. The topological polar surface area (TPSA) is 32.3 Å². The third-order valence-electron chi connectivity index (χ3n) is 7.31. The van der Waals surface area contributed by atoms with Gasteiger partial charge in [-0.1, -0.05) is 60.7 Å². The van der Waals surface area contributed by atoms with Gasteiger partial charge in [0.05, 0.1) is 6.54 Å². The van der Waals surface area contributed by atoms with Gasteiger partial charge in [-0.15, -0.1) is 12.4 Å². The zero-order valence-corrected chi connectivity index (χ0v) is 18.4. The van der Waals surface area contributed by atoms with Crippen LogP contribution >= 0.6 is 12.4 Å². The molecule has 3 nitrogen and oxygen atoms in total. The van der Waals surface area contributed by atoms with Crippen molar-refractivity contribution in [1.82, 2.24) is 10.2 Å². The lowest BCUT2D eigenvalue weighted by atomic mass is 9.53. The summed E-state index contributed by atoms with van der Waals surface area (Å²) in [4.78, 5) is 15.4. The standard InChI is InChI=1S/C26H32N2O.ClH/c29-25(27-26-14-22-11-23(15-26)13-24(12-22)16-26)19-28(17-20-7-3-1-4-8-20)18-21-9-5-2-6-10-21;/h1-10,22-24H,11-19H2,(H,27,29);1H. The lowest BCUT2D eigenvalue weighted by Gasteiger charge is -2.57. The van der Waals surface area contributed by atoms with Crippen LogP contribution < -0.4 is 5.32 Å². The molecule has 4 heteroatoms. The summed E-state index contributed by atoms with van der Waals surface area (Å²) in [6, 6.07) is 21.0. The van der Waals surface area contributed by atoms with E-state index in [2.05, 4.69) is 58.7 Å². The third kappa shape index (κ3) is 4.90. The van der Waals surface area contributed by atoms with Crippen LogP contribution in [0.4, 0.5) is 0 Å². The number of hydrogen-bond acceptors (Lipinski definition) is 2. The number of carbonyl (C=O) groups excluding carboxylic acids is 1. The number of nitrogens with zero attached hydrogens (tertiary/aromatic N) is 1. The molecule has 6 rings (SSSR count). The molecule has 30 heavy (non-hydrogen) atoms. The molecule has 0 unspecified atom stereocenters. The van der Waals surface area contributed by atoms with Gasteiger partial charge < -0.3 is 5.32 Å². The molecule has 4 aliphatic rings. The van der Waals surface area contributed by atoms with Crippen LogP contribution in [0.2, 0.25) is 0 Å². The van der Waals surface area contributed by atoms with Crippen molar-refractivity contribution >= 4 is 18.3 Å². The number of amides is 1. The molecule has 160 valence electrons. The Morgan fingerprint density at radius 2 is 1.23 bits per heavy atom. The maximum atomic E-state index is 13.2. The molecule has 2 aromatic rings. The van der Waals surface area contributed by atoms with Crippen molar-refractivity contribution in [3.63, 3.8) is 0 Å². The van der Waals surface area contributed by atoms with Gasteiger partial charge in [0.25, 0.3) is 0 Å². The Bertz CT molecular complexity index is 762. The SMILES string of the molecule is Cl.O=C(CN(Cc1ccccc1)Cc1ccccc1)NC12CC3CC(CC(C3)C1)C2. The van der Waals surface area contributed by atoms with E-state index < -0.39 is 0 Å². The van der Waals surface area contributed by atoms with Crippen LogP contribution in [0.5, 0.6) is 0 Å². The van der Waals surface area contributed by atoms with Crippen molar-refractivity contribution in [1.29, 1.82) is 0 Å². The zero-order valence-electron chi connectivity index (χ0n) is 17.6. The molecule has 1 amide bonds. The average Bonchev–Trinajstić information content (AvgIpc) is 2.68. The van der Waals surface area contributed by atoms with Crippen molar-refractivity contribution in [2.75, 3.05) is 6.54 Å². The maximum Gasteiger partial charge on any atom is 0.234 e. The molecule has 0 heterocycles. The Labute approximate surface area is 186 Å². The van der Waals surface area contributed by atoms with Crippen LogP contribution in [-0.4, -0.2) is 22.9 Å². The van der Waals surface area contributed by atoms with E-state index in [9.17, 15) is 4.79 Å². The van der Waals surface area contributed by atoms with E-state index in [0.717, 1.165) is 30.8 Å². The highest BCUT2D eigenvalue weighted by atomic mass is 35.5. The molecule has 4 aliphatic carbocycles. The summed E-state index contributed by atoms with van der Waals surface area (Å²) >= 11 is 0. The van der Waals surface area contributed by atoms with Crippen LogP contribution in [0.1, 0.15) is 49.7 Å². The van der Waals surface area contributed by atoms with Gasteiger partial charge in [0, 0.05) is 18.6 Å². The van der Waals surface area contributed by atoms with E-state index in [1.165, 1.54) is 49.7 Å². The molecule has 0 aromatic heterocycles. The van der Waals surface area contributed by atoms with Gasteiger partial charge >= 0.3 is 0 Å². The number of nitrogens with one attached hydrogen (secondary N) is 1. The van der Waals surface area contributed by atoms with E-state index in [1.807, 2.05) is 12.1 Å². The Morgan fingerprint density at radius 1 is 0.800 bits per heavy atom. The lowest BCUT2D eigenvalue weighted by molar-refractivity contribution is -0.128. The first-order valence-electron chi connectivity index (χ1n) is 11.3. The van der Waals surface area contributed by atoms with Crippen molar-refractivity contribution in [2.45, 2.75) is 57.2 Å². The van der Waals surface area contributed by atoms with E-state index in [-0.39, 0.29) is 23.9 Å². The molecule has 0 aliphatic heterocycles. The third-order valence-corrected chi connectivity index (χ3v) is 7.31. The summed E-state index contributed by atoms with van der Waals surface area (Å²) < 4.78 is 0. The van der Waals surface area contributed by atoms with Crippen molar-refractivity contribution in [3.8, 4) is 0 Å². The predicted molar refractivity (Wildman–Crippen MR) is 123 cm³/mol. The van der Waals surface area contributed by atoms with Crippen LogP contribution in [0.3, 0.4) is 0 Å². The second-order valence-electron chi connectivity index (χ2n) is 9.86. The Hall–Kier alpha value is -1.84. The highest BCUT2D eigenvalue weighted by molar-refractivity contribution is 5.85. The largest absolute Gasteiger partial charge is 0.350 e. The predicted octanol–water partition coefficient (Wildman–Crippen LogP) is 5.20. The van der Waals surface area contributed by atoms with Gasteiger partial charge in [-0.3, -0.25) is 9.69 Å². The molecular weight excluding hydrogens is 392 g/mol. The second-order valence-corrected chi connectivity index (χ2v) is 9.86. The molecule has 4 fully saturated rings. The molecule has 4 bridgehead atoms. The smallest absolute Gasteiger partial charge is 0.234 e. The molecule has 0 atom stereocenters. The molecule has 4 saturated carbocycles. The Morgan fingerprint density at radius 3 is 1.67 bits per heavy atom. The number of benzene rings is 2. The minimum Gasteiger partial charge on any atom is -0.350 e. The first-order chi connectivity index (χ1) is 14.2. The number of rotatable bonds is 7. The highest BCUT2D eigenvalue weighted by Crippen LogP contribution is 2.55. The fourth-order valence-corrected chi connectivity index (χ4v) is 6.65. The number of halogens is 1. The van der Waals surface area contributed by atoms with Crippen molar-refractivity contribution < 1.29 is 4.79 Å². The molecule has 2 aromatic carbocycles. The first kappa shape index (κ1) is 21.4. The Kier molecular flexibility index (Phi) is 6.50. The summed E-state index contributed by atoms with van der Waals surface area (Å²) in [7, 11) is 0. The number of hydrogen-bond donors (Lipinski definition) is 1. The second kappa shape index (κ2) is 9.11. The summed E-state index contributed by atoms with van der Waals surface area (Å²) in [5.74, 6) is 2.77. The van der Waals surface area contributed by atoms with E-state index in [4.69, 9.17) is 0 Å². The van der Waals surface area contributed by atoms with Crippen molar-refractivity contribution in [2.24, 2.45) is 17.8 Å². The zero-order chi connectivity index (χ0) is 19.7. The molecular formula is C26H33ClN2O. The summed E-state index contributed by atoms with van der Waals surface area (Å²) in [5, 5.41) is 3.55. The summed E-state index contributed by atoms with van der Waals surface area (Å²) in [6.45, 7) is 2.06.